The third kappa shape index (κ3) is 1.47. The molecular formula is C14H20FN. The Bertz CT molecular complexity index is 373. The van der Waals surface area contributed by atoms with Gasteiger partial charge in [0.2, 0.25) is 0 Å². The van der Waals surface area contributed by atoms with Gasteiger partial charge in [-0.15, -0.1) is 0 Å². The molecule has 1 aromatic carbocycles. The van der Waals surface area contributed by atoms with Gasteiger partial charge in [0.15, 0.2) is 0 Å². The Balaban J connectivity index is 2.30. The fourth-order valence-electron chi connectivity index (χ4n) is 3.31. The van der Waals surface area contributed by atoms with Crippen LogP contribution in [0.4, 0.5) is 4.39 Å². The van der Waals surface area contributed by atoms with Gasteiger partial charge >= 0.3 is 0 Å². The van der Waals surface area contributed by atoms with E-state index in [1.807, 2.05) is 12.1 Å². The summed E-state index contributed by atoms with van der Waals surface area (Å²) in [7, 11) is 0. The van der Waals surface area contributed by atoms with E-state index < -0.39 is 0 Å². The molecule has 0 bridgehead atoms. The third-order valence-corrected chi connectivity index (χ3v) is 4.56. The SMILES string of the molecule is CCC1(C)C(N)C(C)C1c1ccc(F)cc1. The lowest BCUT2D eigenvalue weighted by Gasteiger charge is -2.58. The van der Waals surface area contributed by atoms with Crippen molar-refractivity contribution in [2.24, 2.45) is 17.1 Å². The second-order valence-electron chi connectivity index (χ2n) is 5.27. The van der Waals surface area contributed by atoms with Gasteiger partial charge in [-0.25, -0.2) is 4.39 Å². The van der Waals surface area contributed by atoms with Gasteiger partial charge in [-0.2, -0.15) is 0 Å². The zero-order valence-corrected chi connectivity index (χ0v) is 10.2. The first-order valence-corrected chi connectivity index (χ1v) is 6.01. The molecule has 1 aliphatic carbocycles. The molecule has 1 fully saturated rings. The van der Waals surface area contributed by atoms with Crippen molar-refractivity contribution in [1.82, 2.24) is 0 Å². The van der Waals surface area contributed by atoms with E-state index in [1.165, 1.54) is 5.56 Å². The highest BCUT2D eigenvalue weighted by Gasteiger charge is 2.54. The van der Waals surface area contributed by atoms with Crippen molar-refractivity contribution in [2.45, 2.75) is 39.2 Å². The lowest BCUT2D eigenvalue weighted by molar-refractivity contribution is 0.00359. The molecule has 0 spiro atoms. The van der Waals surface area contributed by atoms with Crippen molar-refractivity contribution in [3.8, 4) is 0 Å². The summed E-state index contributed by atoms with van der Waals surface area (Å²) >= 11 is 0. The first kappa shape index (κ1) is 11.6. The van der Waals surface area contributed by atoms with Crippen LogP contribution in [0.25, 0.3) is 0 Å². The summed E-state index contributed by atoms with van der Waals surface area (Å²) in [4.78, 5) is 0. The molecule has 1 saturated carbocycles. The Hall–Kier alpha value is -0.890. The predicted molar refractivity (Wildman–Crippen MR) is 64.7 cm³/mol. The van der Waals surface area contributed by atoms with Gasteiger partial charge in [-0.3, -0.25) is 0 Å². The van der Waals surface area contributed by atoms with E-state index in [2.05, 4.69) is 20.8 Å². The maximum Gasteiger partial charge on any atom is 0.123 e. The van der Waals surface area contributed by atoms with Crippen molar-refractivity contribution in [3.63, 3.8) is 0 Å². The molecule has 2 heteroatoms. The molecule has 1 nitrogen and oxygen atoms in total. The van der Waals surface area contributed by atoms with E-state index in [0.717, 1.165) is 6.42 Å². The average Bonchev–Trinajstić information content (AvgIpc) is 2.31. The topological polar surface area (TPSA) is 26.0 Å². The van der Waals surface area contributed by atoms with Crippen LogP contribution < -0.4 is 5.73 Å². The summed E-state index contributed by atoms with van der Waals surface area (Å²) < 4.78 is 12.9. The zero-order valence-electron chi connectivity index (χ0n) is 10.2. The van der Waals surface area contributed by atoms with Crippen LogP contribution in [0.1, 0.15) is 38.7 Å². The molecule has 16 heavy (non-hydrogen) atoms. The second kappa shape index (κ2) is 3.85. The minimum atomic E-state index is -0.168. The summed E-state index contributed by atoms with van der Waals surface area (Å²) in [6, 6.07) is 7.14. The Morgan fingerprint density at radius 1 is 1.31 bits per heavy atom. The number of hydrogen-bond donors (Lipinski definition) is 1. The summed E-state index contributed by atoms with van der Waals surface area (Å²) in [5.74, 6) is 0.779. The first-order chi connectivity index (χ1) is 7.50. The van der Waals surface area contributed by atoms with E-state index in [-0.39, 0.29) is 17.3 Å². The van der Waals surface area contributed by atoms with Crippen molar-refractivity contribution < 1.29 is 4.39 Å². The van der Waals surface area contributed by atoms with Gasteiger partial charge in [-0.1, -0.05) is 32.9 Å². The minimum absolute atomic E-state index is 0.164. The highest BCUT2D eigenvalue weighted by molar-refractivity contribution is 5.29. The Kier molecular flexibility index (Phi) is 2.79. The van der Waals surface area contributed by atoms with E-state index in [0.29, 0.717) is 11.8 Å². The lowest BCUT2D eigenvalue weighted by Crippen LogP contribution is -2.60. The molecule has 0 aromatic heterocycles. The molecule has 0 amide bonds. The number of nitrogens with two attached hydrogens (primary N) is 1. The van der Waals surface area contributed by atoms with Crippen LogP contribution in [0.15, 0.2) is 24.3 Å². The number of halogens is 1. The molecule has 1 aliphatic rings. The molecule has 1 aromatic rings. The quantitative estimate of drug-likeness (QED) is 0.814. The Morgan fingerprint density at radius 3 is 2.38 bits per heavy atom. The lowest BCUT2D eigenvalue weighted by atomic mass is 9.49. The Labute approximate surface area is 96.9 Å². The van der Waals surface area contributed by atoms with Crippen molar-refractivity contribution in [3.05, 3.63) is 35.6 Å². The van der Waals surface area contributed by atoms with Crippen molar-refractivity contribution in [1.29, 1.82) is 0 Å². The molecule has 4 unspecified atom stereocenters. The van der Waals surface area contributed by atoms with Gasteiger partial charge in [0.25, 0.3) is 0 Å². The number of hydrogen-bond acceptors (Lipinski definition) is 1. The van der Waals surface area contributed by atoms with Crippen LogP contribution >= 0.6 is 0 Å². The van der Waals surface area contributed by atoms with E-state index in [4.69, 9.17) is 5.73 Å². The van der Waals surface area contributed by atoms with Gasteiger partial charge < -0.3 is 5.73 Å². The van der Waals surface area contributed by atoms with Crippen molar-refractivity contribution >= 4 is 0 Å². The monoisotopic (exact) mass is 221 g/mol. The molecule has 2 rings (SSSR count). The van der Waals surface area contributed by atoms with E-state index >= 15 is 0 Å². The normalized spacial score (nSPS) is 38.2. The molecule has 88 valence electrons. The maximum absolute atomic E-state index is 12.9. The summed E-state index contributed by atoms with van der Waals surface area (Å²) in [5, 5.41) is 0. The first-order valence-electron chi connectivity index (χ1n) is 6.01. The molecule has 4 atom stereocenters. The molecule has 0 saturated heterocycles. The Morgan fingerprint density at radius 2 is 1.88 bits per heavy atom. The smallest absolute Gasteiger partial charge is 0.123 e. The van der Waals surface area contributed by atoms with Crippen LogP contribution in [-0.2, 0) is 0 Å². The fourth-order valence-corrected chi connectivity index (χ4v) is 3.31. The summed E-state index contributed by atoms with van der Waals surface area (Å²) in [6.45, 7) is 6.62. The van der Waals surface area contributed by atoms with Crippen LogP contribution in [0.3, 0.4) is 0 Å². The molecular weight excluding hydrogens is 201 g/mol. The number of benzene rings is 1. The standard InChI is InChI=1S/C14H20FN/c1-4-14(3)12(9(2)13(14)16)10-5-7-11(15)8-6-10/h5-9,12-13H,4,16H2,1-3H3. The van der Waals surface area contributed by atoms with Crippen LogP contribution in [0, 0.1) is 17.2 Å². The molecule has 0 heterocycles. The van der Waals surface area contributed by atoms with E-state index in [1.54, 1.807) is 12.1 Å². The predicted octanol–water partition coefficient (Wildman–Crippen LogP) is 3.30. The van der Waals surface area contributed by atoms with Crippen LogP contribution in [0.2, 0.25) is 0 Å². The number of rotatable bonds is 2. The van der Waals surface area contributed by atoms with Gasteiger partial charge in [-0.05, 0) is 41.4 Å². The average molecular weight is 221 g/mol. The molecule has 0 aliphatic heterocycles. The zero-order chi connectivity index (χ0) is 11.9. The van der Waals surface area contributed by atoms with Crippen LogP contribution in [-0.4, -0.2) is 6.04 Å². The van der Waals surface area contributed by atoms with Crippen LogP contribution in [0.5, 0.6) is 0 Å². The molecule has 0 radical (unpaired) electrons. The minimum Gasteiger partial charge on any atom is -0.327 e. The highest BCUT2D eigenvalue weighted by atomic mass is 19.1. The largest absolute Gasteiger partial charge is 0.327 e. The van der Waals surface area contributed by atoms with Gasteiger partial charge in [0, 0.05) is 6.04 Å². The van der Waals surface area contributed by atoms with Gasteiger partial charge in [0.1, 0.15) is 5.82 Å². The summed E-state index contributed by atoms with van der Waals surface area (Å²) in [6.07, 6.45) is 1.07. The molecule has 2 N–H and O–H groups in total. The maximum atomic E-state index is 12.9. The van der Waals surface area contributed by atoms with Gasteiger partial charge in [0.05, 0.1) is 0 Å². The fraction of sp³-hybridized carbons (Fsp3) is 0.571. The highest BCUT2D eigenvalue weighted by Crippen LogP contribution is 2.57. The van der Waals surface area contributed by atoms with E-state index in [9.17, 15) is 4.39 Å². The third-order valence-electron chi connectivity index (χ3n) is 4.56. The summed E-state index contributed by atoms with van der Waals surface area (Å²) in [5.41, 5.74) is 7.58. The second-order valence-corrected chi connectivity index (χ2v) is 5.27. The van der Waals surface area contributed by atoms with Crippen molar-refractivity contribution in [2.75, 3.05) is 0 Å².